The molecular weight excluding hydrogens is 304 g/mol. The third kappa shape index (κ3) is 4.77. The smallest absolute Gasteiger partial charge is 0.250 e. The number of hydrogen-bond acceptors (Lipinski definition) is 4. The van der Waals surface area contributed by atoms with Crippen LogP contribution in [0.5, 0.6) is 0 Å². The Labute approximate surface area is 132 Å². The van der Waals surface area contributed by atoms with Gasteiger partial charge in [0.1, 0.15) is 4.21 Å². The zero-order chi connectivity index (χ0) is 15.3. The van der Waals surface area contributed by atoms with Gasteiger partial charge < -0.3 is 5.32 Å². The topological polar surface area (TPSA) is 58.2 Å². The summed E-state index contributed by atoms with van der Waals surface area (Å²) in [5.41, 5.74) is 0. The summed E-state index contributed by atoms with van der Waals surface area (Å²) in [4.78, 5) is 1.06. The van der Waals surface area contributed by atoms with Crippen molar-refractivity contribution in [3.05, 3.63) is 17.0 Å². The maximum absolute atomic E-state index is 12.5. The first kappa shape index (κ1) is 16.9. The van der Waals surface area contributed by atoms with E-state index < -0.39 is 10.0 Å². The molecule has 1 saturated carbocycles. The van der Waals surface area contributed by atoms with Crippen LogP contribution in [0.1, 0.15) is 50.8 Å². The van der Waals surface area contributed by atoms with Crippen LogP contribution < -0.4 is 10.0 Å². The molecule has 6 heteroatoms. The molecule has 2 N–H and O–H groups in total. The lowest BCUT2D eigenvalue weighted by molar-refractivity contribution is 0.303. The third-order valence-electron chi connectivity index (χ3n) is 4.15. The molecule has 1 heterocycles. The van der Waals surface area contributed by atoms with Crippen LogP contribution >= 0.6 is 11.3 Å². The third-order valence-corrected chi connectivity index (χ3v) is 7.29. The molecule has 1 aromatic rings. The minimum absolute atomic E-state index is 0.0228. The average Bonchev–Trinajstić information content (AvgIpc) is 2.95. The van der Waals surface area contributed by atoms with Crippen molar-refractivity contribution in [1.82, 2.24) is 10.0 Å². The van der Waals surface area contributed by atoms with Crippen LogP contribution in [-0.4, -0.2) is 21.0 Å². The average molecular weight is 331 g/mol. The number of sulfonamides is 1. The Bertz CT molecular complexity index is 534. The molecular formula is C15H26N2O2S2. The lowest BCUT2D eigenvalue weighted by Gasteiger charge is -2.27. The van der Waals surface area contributed by atoms with Gasteiger partial charge in [-0.1, -0.05) is 26.2 Å². The highest BCUT2D eigenvalue weighted by Gasteiger charge is 2.26. The van der Waals surface area contributed by atoms with E-state index in [0.717, 1.165) is 30.8 Å². The molecule has 1 fully saturated rings. The van der Waals surface area contributed by atoms with Crippen LogP contribution in [0.4, 0.5) is 0 Å². The van der Waals surface area contributed by atoms with Gasteiger partial charge in [-0.25, -0.2) is 13.1 Å². The molecule has 4 nitrogen and oxygen atoms in total. The Kier molecular flexibility index (Phi) is 6.22. The fourth-order valence-corrected chi connectivity index (χ4v) is 5.53. The largest absolute Gasteiger partial charge is 0.312 e. The first-order chi connectivity index (χ1) is 10.0. The van der Waals surface area contributed by atoms with Gasteiger partial charge in [0.15, 0.2) is 0 Å². The van der Waals surface area contributed by atoms with Crippen molar-refractivity contribution in [2.24, 2.45) is 5.92 Å². The van der Waals surface area contributed by atoms with Gasteiger partial charge in [0.25, 0.3) is 0 Å². The summed E-state index contributed by atoms with van der Waals surface area (Å²) in [5, 5.41) is 3.22. The first-order valence-corrected chi connectivity index (χ1v) is 10.1. The van der Waals surface area contributed by atoms with Crippen molar-refractivity contribution >= 4 is 21.4 Å². The molecule has 0 aromatic carbocycles. The van der Waals surface area contributed by atoms with E-state index in [-0.39, 0.29) is 6.04 Å². The van der Waals surface area contributed by atoms with E-state index >= 15 is 0 Å². The molecule has 21 heavy (non-hydrogen) atoms. The molecule has 1 aromatic heterocycles. The molecule has 0 spiro atoms. The molecule has 1 aliphatic rings. The lowest BCUT2D eigenvalue weighted by Crippen LogP contribution is -2.38. The second kappa shape index (κ2) is 7.72. The normalized spacial score (nSPS) is 18.8. The second-order valence-electron chi connectivity index (χ2n) is 5.81. The molecule has 0 bridgehead atoms. The van der Waals surface area contributed by atoms with Gasteiger partial charge in [-0.15, -0.1) is 11.3 Å². The number of rotatable bonds is 7. The zero-order valence-electron chi connectivity index (χ0n) is 12.9. The van der Waals surface area contributed by atoms with E-state index in [0.29, 0.717) is 10.1 Å². The maximum Gasteiger partial charge on any atom is 0.250 e. The fourth-order valence-electron chi connectivity index (χ4n) is 2.88. The van der Waals surface area contributed by atoms with Gasteiger partial charge >= 0.3 is 0 Å². The van der Waals surface area contributed by atoms with E-state index in [4.69, 9.17) is 0 Å². The van der Waals surface area contributed by atoms with Crippen molar-refractivity contribution in [3.63, 3.8) is 0 Å². The zero-order valence-corrected chi connectivity index (χ0v) is 14.5. The fraction of sp³-hybridized carbons (Fsp3) is 0.733. The van der Waals surface area contributed by atoms with Crippen molar-refractivity contribution in [1.29, 1.82) is 0 Å². The summed E-state index contributed by atoms with van der Waals surface area (Å²) >= 11 is 1.36. The SMILES string of the molecule is CCNCc1ccc(S(=O)(=O)NC(C)C2CCCCC2)s1. The predicted octanol–water partition coefficient (Wildman–Crippen LogP) is 3.10. The van der Waals surface area contributed by atoms with Crippen molar-refractivity contribution in [2.45, 2.75) is 62.7 Å². The Morgan fingerprint density at radius 3 is 2.67 bits per heavy atom. The molecule has 1 unspecified atom stereocenters. The van der Waals surface area contributed by atoms with E-state index in [1.807, 2.05) is 19.9 Å². The monoisotopic (exact) mass is 330 g/mol. The molecule has 0 amide bonds. The summed E-state index contributed by atoms with van der Waals surface area (Å²) in [7, 11) is -3.37. The van der Waals surface area contributed by atoms with Crippen LogP contribution in [0.2, 0.25) is 0 Å². The van der Waals surface area contributed by atoms with Crippen molar-refractivity contribution in [3.8, 4) is 0 Å². The van der Waals surface area contributed by atoms with Gasteiger partial charge in [-0.2, -0.15) is 0 Å². The molecule has 1 aliphatic carbocycles. The van der Waals surface area contributed by atoms with E-state index in [9.17, 15) is 8.42 Å². The lowest BCUT2D eigenvalue weighted by atomic mass is 9.85. The van der Waals surface area contributed by atoms with E-state index in [1.54, 1.807) is 6.07 Å². The Hall–Kier alpha value is -0.430. The van der Waals surface area contributed by atoms with Gasteiger partial charge in [-0.3, -0.25) is 0 Å². The van der Waals surface area contributed by atoms with Crippen molar-refractivity contribution in [2.75, 3.05) is 6.54 Å². The standard InChI is InChI=1S/C15H26N2O2S2/c1-3-16-11-14-9-10-15(20-14)21(18,19)17-12(2)13-7-5-4-6-8-13/h9-10,12-13,16-17H,3-8,11H2,1-2H3. The quantitative estimate of drug-likeness (QED) is 0.807. The highest BCUT2D eigenvalue weighted by Crippen LogP contribution is 2.28. The minimum Gasteiger partial charge on any atom is -0.312 e. The van der Waals surface area contributed by atoms with Crippen LogP contribution in [0.3, 0.4) is 0 Å². The first-order valence-electron chi connectivity index (χ1n) is 7.84. The summed E-state index contributed by atoms with van der Waals surface area (Å²) in [6.07, 6.45) is 6.01. The molecule has 2 rings (SSSR count). The Balaban J connectivity index is 1.98. The van der Waals surface area contributed by atoms with Crippen LogP contribution in [0, 0.1) is 5.92 Å². The number of thiophene rings is 1. The summed E-state index contributed by atoms with van der Waals surface area (Å²) in [6.45, 7) is 5.66. The predicted molar refractivity (Wildman–Crippen MR) is 88.1 cm³/mol. The van der Waals surface area contributed by atoms with Gasteiger partial charge in [0, 0.05) is 17.5 Å². The molecule has 1 atom stereocenters. The summed E-state index contributed by atoms with van der Waals surface area (Å²) < 4.78 is 28.2. The summed E-state index contributed by atoms with van der Waals surface area (Å²) in [5.74, 6) is 0.481. The highest BCUT2D eigenvalue weighted by molar-refractivity contribution is 7.91. The maximum atomic E-state index is 12.5. The molecule has 0 saturated heterocycles. The Morgan fingerprint density at radius 1 is 1.29 bits per heavy atom. The van der Waals surface area contributed by atoms with Gasteiger partial charge in [-0.05, 0) is 44.4 Å². The van der Waals surface area contributed by atoms with Gasteiger partial charge in [0.05, 0.1) is 0 Å². The van der Waals surface area contributed by atoms with Crippen LogP contribution in [0.15, 0.2) is 16.3 Å². The highest BCUT2D eigenvalue weighted by atomic mass is 32.2. The number of hydrogen-bond donors (Lipinski definition) is 2. The van der Waals surface area contributed by atoms with Gasteiger partial charge in [0.2, 0.25) is 10.0 Å². The summed E-state index contributed by atoms with van der Waals surface area (Å²) in [6, 6.07) is 3.63. The van der Waals surface area contributed by atoms with Crippen LogP contribution in [-0.2, 0) is 16.6 Å². The van der Waals surface area contributed by atoms with Crippen molar-refractivity contribution < 1.29 is 8.42 Å². The molecule has 120 valence electrons. The van der Waals surface area contributed by atoms with E-state index in [2.05, 4.69) is 10.0 Å². The minimum atomic E-state index is -3.37. The molecule has 0 aliphatic heterocycles. The second-order valence-corrected chi connectivity index (χ2v) is 8.92. The Morgan fingerprint density at radius 2 is 2.00 bits per heavy atom. The number of nitrogens with one attached hydrogen (secondary N) is 2. The van der Waals surface area contributed by atoms with Crippen LogP contribution in [0.25, 0.3) is 0 Å². The van der Waals surface area contributed by atoms with E-state index in [1.165, 1.54) is 30.6 Å². The molecule has 0 radical (unpaired) electrons.